The van der Waals surface area contributed by atoms with Gasteiger partial charge in [-0.1, -0.05) is 0 Å². The number of piperidine rings is 1. The van der Waals surface area contributed by atoms with Gasteiger partial charge in [-0.15, -0.1) is 0 Å². The third-order valence-electron chi connectivity index (χ3n) is 3.56. The Morgan fingerprint density at radius 3 is 2.54 bits per heavy atom. The van der Waals surface area contributed by atoms with Gasteiger partial charge in [0.25, 0.3) is 0 Å². The van der Waals surface area contributed by atoms with Gasteiger partial charge in [-0.2, -0.15) is 0 Å². The van der Waals surface area contributed by atoms with E-state index in [0.29, 0.717) is 18.6 Å². The van der Waals surface area contributed by atoms with Gasteiger partial charge < -0.3 is 15.7 Å². The van der Waals surface area contributed by atoms with Crippen molar-refractivity contribution in [2.45, 2.75) is 19.4 Å². The minimum absolute atomic E-state index is 0.325. The summed E-state index contributed by atoms with van der Waals surface area (Å²) in [4.78, 5) is 2.49. The van der Waals surface area contributed by atoms with Crippen LogP contribution in [0.5, 0.6) is 0 Å². The van der Waals surface area contributed by atoms with E-state index in [0.717, 1.165) is 24.8 Å². The summed E-state index contributed by atoms with van der Waals surface area (Å²) in [5.74, 6) is 2.24. The summed E-state index contributed by atoms with van der Waals surface area (Å²) in [5, 5.41) is 8.98. The fourth-order valence-corrected chi connectivity index (χ4v) is 2.58. The first-order valence-electron chi connectivity index (χ1n) is 5.31. The lowest BCUT2D eigenvalue weighted by atomic mass is 10.2. The molecule has 76 valence electrons. The van der Waals surface area contributed by atoms with E-state index in [-0.39, 0.29) is 0 Å². The molecule has 1 aliphatic heterocycles. The Bertz CT molecular complexity index is 172. The highest BCUT2D eigenvalue weighted by atomic mass is 16.3. The first kappa shape index (κ1) is 9.44. The Morgan fingerprint density at radius 2 is 2.08 bits per heavy atom. The van der Waals surface area contributed by atoms with Crippen LogP contribution < -0.4 is 5.73 Å². The summed E-state index contributed by atoms with van der Waals surface area (Å²) in [7, 11) is 0. The molecule has 0 aromatic rings. The molecule has 2 fully saturated rings. The zero-order chi connectivity index (χ0) is 9.42. The third-order valence-corrected chi connectivity index (χ3v) is 3.56. The number of rotatable bonds is 4. The normalized spacial score (nSPS) is 40.4. The Morgan fingerprint density at radius 1 is 1.46 bits per heavy atom. The monoisotopic (exact) mass is 184 g/mol. The second-order valence-electron chi connectivity index (χ2n) is 4.70. The number of hydrogen-bond donors (Lipinski definition) is 2. The fraction of sp³-hybridized carbons (Fsp3) is 1.00. The number of nitrogens with zero attached hydrogens (tertiary/aromatic N) is 1. The Labute approximate surface area is 79.9 Å². The Kier molecular flexibility index (Phi) is 2.58. The van der Waals surface area contributed by atoms with Crippen molar-refractivity contribution < 1.29 is 5.11 Å². The van der Waals surface area contributed by atoms with E-state index in [1.807, 2.05) is 0 Å². The average molecular weight is 184 g/mol. The molecule has 13 heavy (non-hydrogen) atoms. The molecule has 2 rings (SSSR count). The van der Waals surface area contributed by atoms with Gasteiger partial charge in [-0.25, -0.2) is 0 Å². The van der Waals surface area contributed by atoms with Gasteiger partial charge in [0.2, 0.25) is 0 Å². The molecule has 0 amide bonds. The van der Waals surface area contributed by atoms with E-state index >= 15 is 0 Å². The molecule has 1 saturated carbocycles. The quantitative estimate of drug-likeness (QED) is 0.641. The van der Waals surface area contributed by atoms with Crippen LogP contribution >= 0.6 is 0 Å². The van der Waals surface area contributed by atoms with E-state index in [1.54, 1.807) is 0 Å². The molecule has 2 aliphatic rings. The van der Waals surface area contributed by atoms with Crippen LogP contribution in [0.25, 0.3) is 0 Å². The number of nitrogens with two attached hydrogens (primary N) is 1. The zero-order valence-electron chi connectivity index (χ0n) is 8.32. The molecule has 1 aliphatic carbocycles. The lowest BCUT2D eigenvalue weighted by molar-refractivity contribution is 0.218. The molecule has 0 bridgehead atoms. The Hall–Kier alpha value is -0.120. The number of aliphatic hydroxyl groups excluding tert-OH is 1. The van der Waals surface area contributed by atoms with Gasteiger partial charge in [-0.3, -0.25) is 0 Å². The van der Waals surface area contributed by atoms with E-state index in [4.69, 9.17) is 10.8 Å². The van der Waals surface area contributed by atoms with E-state index in [9.17, 15) is 0 Å². The van der Waals surface area contributed by atoms with Crippen molar-refractivity contribution in [1.29, 1.82) is 0 Å². The predicted molar refractivity (Wildman–Crippen MR) is 52.3 cm³/mol. The maximum absolute atomic E-state index is 8.98. The van der Waals surface area contributed by atoms with E-state index in [2.05, 4.69) is 11.8 Å². The van der Waals surface area contributed by atoms with Gasteiger partial charge in [0.1, 0.15) is 0 Å². The van der Waals surface area contributed by atoms with Crippen LogP contribution in [0.1, 0.15) is 13.3 Å². The summed E-state index contributed by atoms with van der Waals surface area (Å²) in [6.45, 7) is 6.00. The van der Waals surface area contributed by atoms with Crippen molar-refractivity contribution >= 4 is 0 Å². The largest absolute Gasteiger partial charge is 0.396 e. The van der Waals surface area contributed by atoms with Gasteiger partial charge in [0.15, 0.2) is 0 Å². The second-order valence-corrected chi connectivity index (χ2v) is 4.70. The number of aliphatic hydroxyl groups is 1. The van der Waals surface area contributed by atoms with Crippen LogP contribution in [-0.4, -0.2) is 42.3 Å². The van der Waals surface area contributed by atoms with Gasteiger partial charge in [-0.05, 0) is 37.6 Å². The van der Waals surface area contributed by atoms with Gasteiger partial charge in [0, 0.05) is 25.7 Å². The molecule has 0 aromatic carbocycles. The molecule has 3 heteroatoms. The maximum Gasteiger partial charge on any atom is 0.0465 e. The van der Waals surface area contributed by atoms with Crippen LogP contribution in [0.4, 0.5) is 0 Å². The second kappa shape index (κ2) is 3.56. The summed E-state index contributed by atoms with van der Waals surface area (Å²) in [5.41, 5.74) is 5.70. The van der Waals surface area contributed by atoms with Crippen molar-refractivity contribution in [1.82, 2.24) is 4.90 Å². The maximum atomic E-state index is 8.98. The van der Waals surface area contributed by atoms with Crippen molar-refractivity contribution in [3.8, 4) is 0 Å². The van der Waals surface area contributed by atoms with Crippen molar-refractivity contribution in [3.63, 3.8) is 0 Å². The Balaban J connectivity index is 1.66. The molecule has 3 atom stereocenters. The molecule has 3 N–H and O–H groups in total. The van der Waals surface area contributed by atoms with Crippen molar-refractivity contribution in [2.24, 2.45) is 23.5 Å². The van der Waals surface area contributed by atoms with E-state index in [1.165, 1.54) is 13.1 Å². The summed E-state index contributed by atoms with van der Waals surface area (Å²) >= 11 is 0. The number of hydrogen-bond acceptors (Lipinski definition) is 3. The minimum atomic E-state index is 0.325. The van der Waals surface area contributed by atoms with Crippen molar-refractivity contribution in [2.75, 3.05) is 26.2 Å². The molecule has 0 radical (unpaired) electrons. The molecule has 1 saturated heterocycles. The standard InChI is InChI=1S/C10H20N2O/c1-7(11)2-3-12-4-8-9(5-12)10(8)6-13/h7-10,13H,2-6,11H2,1H3. The van der Waals surface area contributed by atoms with Crippen LogP contribution in [0, 0.1) is 17.8 Å². The van der Waals surface area contributed by atoms with Crippen LogP contribution in [0.3, 0.4) is 0 Å². The summed E-state index contributed by atoms with van der Waals surface area (Å²) in [6, 6.07) is 0.325. The first-order valence-corrected chi connectivity index (χ1v) is 5.31. The van der Waals surface area contributed by atoms with Crippen LogP contribution in [0.2, 0.25) is 0 Å². The fourth-order valence-electron chi connectivity index (χ4n) is 2.58. The molecular formula is C10H20N2O. The lowest BCUT2D eigenvalue weighted by Crippen LogP contribution is -2.30. The molecule has 3 nitrogen and oxygen atoms in total. The van der Waals surface area contributed by atoms with Crippen molar-refractivity contribution in [3.05, 3.63) is 0 Å². The van der Waals surface area contributed by atoms with Crippen LogP contribution in [0.15, 0.2) is 0 Å². The minimum Gasteiger partial charge on any atom is -0.396 e. The van der Waals surface area contributed by atoms with Gasteiger partial charge >= 0.3 is 0 Å². The SMILES string of the molecule is CC(N)CCN1CC2C(CO)C2C1. The zero-order valence-corrected chi connectivity index (χ0v) is 8.32. The summed E-state index contributed by atoms with van der Waals surface area (Å²) in [6.07, 6.45) is 1.10. The number of likely N-dealkylation sites (tertiary alicyclic amines) is 1. The van der Waals surface area contributed by atoms with Gasteiger partial charge in [0.05, 0.1) is 0 Å². The lowest BCUT2D eigenvalue weighted by Gasteiger charge is -2.19. The molecular weight excluding hydrogens is 164 g/mol. The molecule has 3 unspecified atom stereocenters. The highest BCUT2D eigenvalue weighted by Crippen LogP contribution is 2.51. The third kappa shape index (κ3) is 1.87. The number of fused-ring (bicyclic) bond motifs is 1. The molecule has 1 heterocycles. The highest BCUT2D eigenvalue weighted by molar-refractivity contribution is 5.04. The predicted octanol–water partition coefficient (Wildman–Crippen LogP) is -0.106. The van der Waals surface area contributed by atoms with E-state index < -0.39 is 0 Å². The smallest absolute Gasteiger partial charge is 0.0465 e. The molecule has 0 aromatic heterocycles. The summed E-state index contributed by atoms with van der Waals surface area (Å²) < 4.78 is 0. The van der Waals surface area contributed by atoms with Crippen LogP contribution in [-0.2, 0) is 0 Å². The topological polar surface area (TPSA) is 49.5 Å². The molecule has 0 spiro atoms. The first-order chi connectivity index (χ1) is 6.22. The average Bonchev–Trinajstić information content (AvgIpc) is 2.56. The highest BCUT2D eigenvalue weighted by Gasteiger charge is 2.54.